The smallest absolute Gasteiger partial charge is 0.404 e. The lowest BCUT2D eigenvalue weighted by molar-refractivity contribution is 0.195. The molecular weight excluding hydrogens is 452 g/mol. The normalized spacial score (nSPS) is 15.9. The van der Waals surface area contributed by atoms with Gasteiger partial charge in [0.25, 0.3) is 0 Å². The van der Waals surface area contributed by atoms with E-state index in [0.29, 0.717) is 9.38 Å². The van der Waals surface area contributed by atoms with Crippen LogP contribution in [0.25, 0.3) is 0 Å². The molecule has 2 N–H and O–H groups in total. The first-order valence-electron chi connectivity index (χ1n) is 3.09. The van der Waals surface area contributed by atoms with Crippen molar-refractivity contribution in [2.75, 3.05) is 6.54 Å². The lowest BCUT2D eigenvalue weighted by atomic mass is 10.4. The van der Waals surface area contributed by atoms with Gasteiger partial charge in [-0.3, -0.25) is 0 Å². The van der Waals surface area contributed by atoms with Gasteiger partial charge in [0.15, 0.2) is 0 Å². The SMILES string of the molecule is O=C(O)NCC(I)C=CC(Br)I. The number of nitrogens with one attached hydrogen (secondary N) is 1. The van der Waals surface area contributed by atoms with Crippen molar-refractivity contribution in [2.45, 2.75) is 6.76 Å². The Morgan fingerprint density at radius 3 is 2.58 bits per heavy atom. The molecule has 0 rings (SSSR count). The zero-order chi connectivity index (χ0) is 9.56. The average Bonchev–Trinajstić information content (AvgIpc) is 1.96. The number of hydrogen-bond acceptors (Lipinski definition) is 1. The number of hydrogen-bond donors (Lipinski definition) is 2. The van der Waals surface area contributed by atoms with Gasteiger partial charge in [-0.25, -0.2) is 4.79 Å². The van der Waals surface area contributed by atoms with E-state index in [0.717, 1.165) is 0 Å². The molecule has 0 aromatic carbocycles. The van der Waals surface area contributed by atoms with Crippen LogP contribution >= 0.6 is 61.1 Å². The van der Waals surface area contributed by atoms with Gasteiger partial charge in [-0.05, 0) is 0 Å². The molecule has 0 fully saturated rings. The fourth-order valence-electron chi connectivity index (χ4n) is 0.457. The summed E-state index contributed by atoms with van der Waals surface area (Å²) in [6, 6.07) is 0. The molecule has 0 aromatic heterocycles. The highest BCUT2D eigenvalue weighted by Crippen LogP contribution is 2.12. The molecule has 0 aliphatic rings. The van der Waals surface area contributed by atoms with E-state index in [-0.39, 0.29) is 3.92 Å². The maximum Gasteiger partial charge on any atom is 0.404 e. The summed E-state index contributed by atoms with van der Waals surface area (Å²) in [5.41, 5.74) is 0. The number of amides is 1. The van der Waals surface area contributed by atoms with Crippen molar-refractivity contribution < 1.29 is 9.90 Å². The summed E-state index contributed by atoms with van der Waals surface area (Å²) < 4.78 is 0.505. The Kier molecular flexibility index (Phi) is 7.95. The summed E-state index contributed by atoms with van der Waals surface area (Å²) in [4.78, 5) is 10.1. The minimum atomic E-state index is -0.977. The van der Waals surface area contributed by atoms with Crippen LogP contribution in [0, 0.1) is 0 Å². The summed E-state index contributed by atoms with van der Waals surface area (Å²) in [6.07, 6.45) is 2.96. The zero-order valence-corrected chi connectivity index (χ0v) is 11.9. The molecule has 3 nitrogen and oxygen atoms in total. The Labute approximate surface area is 107 Å². The van der Waals surface area contributed by atoms with Crippen molar-refractivity contribution in [2.24, 2.45) is 0 Å². The van der Waals surface area contributed by atoms with Crippen molar-refractivity contribution in [3.63, 3.8) is 0 Å². The Morgan fingerprint density at radius 2 is 2.17 bits per heavy atom. The van der Waals surface area contributed by atoms with Gasteiger partial charge in [0.2, 0.25) is 0 Å². The molecule has 12 heavy (non-hydrogen) atoms. The summed E-state index contributed by atoms with van der Waals surface area (Å²) in [7, 11) is 0. The number of carbonyl (C=O) groups is 1. The van der Waals surface area contributed by atoms with Crippen LogP contribution < -0.4 is 5.32 Å². The van der Waals surface area contributed by atoms with E-state index in [1.165, 1.54) is 0 Å². The van der Waals surface area contributed by atoms with Gasteiger partial charge in [0, 0.05) is 10.5 Å². The van der Waals surface area contributed by atoms with Gasteiger partial charge in [-0.1, -0.05) is 73.3 Å². The van der Waals surface area contributed by atoms with Gasteiger partial charge in [-0.15, -0.1) is 0 Å². The minimum Gasteiger partial charge on any atom is -0.465 e. The summed E-state index contributed by atoms with van der Waals surface area (Å²) >= 11 is 7.72. The molecule has 2 unspecified atom stereocenters. The van der Waals surface area contributed by atoms with E-state index >= 15 is 0 Å². The second-order valence-electron chi connectivity index (χ2n) is 1.92. The van der Waals surface area contributed by atoms with Gasteiger partial charge in [-0.2, -0.15) is 0 Å². The molecule has 0 spiro atoms. The number of halogens is 3. The van der Waals surface area contributed by atoms with Crippen molar-refractivity contribution in [3.8, 4) is 0 Å². The van der Waals surface area contributed by atoms with Crippen molar-refractivity contribution in [1.82, 2.24) is 5.32 Å². The first-order chi connectivity index (χ1) is 5.52. The number of carboxylic acid groups (broad SMARTS) is 1. The molecule has 6 heteroatoms. The lowest BCUT2D eigenvalue weighted by Crippen LogP contribution is -2.26. The summed E-state index contributed by atoms with van der Waals surface area (Å²) in [5.74, 6) is 0. The Bertz CT molecular complexity index is 175. The maximum absolute atomic E-state index is 10.1. The van der Waals surface area contributed by atoms with Gasteiger partial charge in [0.1, 0.15) is 0 Å². The summed E-state index contributed by atoms with van der Waals surface area (Å²) in [5, 5.41) is 10.6. The number of rotatable bonds is 4. The van der Waals surface area contributed by atoms with Crippen molar-refractivity contribution in [3.05, 3.63) is 12.2 Å². The van der Waals surface area contributed by atoms with E-state index < -0.39 is 6.09 Å². The number of alkyl halides is 3. The molecule has 0 aromatic rings. The second kappa shape index (κ2) is 7.36. The molecule has 0 heterocycles. The van der Waals surface area contributed by atoms with Crippen molar-refractivity contribution in [1.29, 1.82) is 0 Å². The fourth-order valence-corrected chi connectivity index (χ4v) is 1.33. The molecule has 0 saturated heterocycles. The highest BCUT2D eigenvalue weighted by atomic mass is 127. The van der Waals surface area contributed by atoms with E-state index in [1.54, 1.807) is 0 Å². The van der Waals surface area contributed by atoms with Gasteiger partial charge in [0.05, 0.1) is 2.83 Å². The average molecular weight is 460 g/mol. The third-order valence-electron chi connectivity index (χ3n) is 0.914. The van der Waals surface area contributed by atoms with Crippen LogP contribution in [0.4, 0.5) is 4.79 Å². The molecule has 1 amide bonds. The summed E-state index contributed by atoms with van der Waals surface area (Å²) in [6.45, 7) is 0.447. The quantitative estimate of drug-likeness (QED) is 0.386. The molecule has 0 bridgehead atoms. The molecule has 0 aliphatic heterocycles. The predicted octanol–water partition coefficient (Wildman–Crippen LogP) is 2.77. The standard InChI is InChI=1S/C6H8BrI2NO2/c7-5(9)2-1-4(8)3-10-6(11)12/h1-2,4-5,10H,3H2,(H,11,12). The van der Waals surface area contributed by atoms with Crippen LogP contribution in [0.1, 0.15) is 0 Å². The van der Waals surface area contributed by atoms with Gasteiger partial charge < -0.3 is 10.4 Å². The molecule has 70 valence electrons. The molecule has 2 atom stereocenters. The minimum absolute atomic E-state index is 0.202. The first-order valence-corrected chi connectivity index (χ1v) is 6.50. The highest BCUT2D eigenvalue weighted by Gasteiger charge is 2.01. The van der Waals surface area contributed by atoms with E-state index in [2.05, 4.69) is 66.4 Å². The van der Waals surface area contributed by atoms with E-state index in [1.807, 2.05) is 12.2 Å². The molecule has 0 aliphatic carbocycles. The van der Waals surface area contributed by atoms with Crippen LogP contribution in [-0.4, -0.2) is 24.5 Å². The first kappa shape index (κ1) is 12.9. The largest absolute Gasteiger partial charge is 0.465 e. The zero-order valence-electron chi connectivity index (χ0n) is 6.01. The van der Waals surface area contributed by atoms with Crippen LogP contribution in [-0.2, 0) is 0 Å². The Morgan fingerprint density at radius 1 is 1.58 bits per heavy atom. The third kappa shape index (κ3) is 9.04. The second-order valence-corrected chi connectivity index (χ2v) is 7.56. The lowest BCUT2D eigenvalue weighted by Gasteiger charge is -2.03. The third-order valence-corrected chi connectivity index (χ3v) is 2.49. The Balaban J connectivity index is 3.59. The van der Waals surface area contributed by atoms with Crippen LogP contribution in [0.3, 0.4) is 0 Å². The van der Waals surface area contributed by atoms with Gasteiger partial charge >= 0.3 is 6.09 Å². The maximum atomic E-state index is 10.1. The molecular formula is C6H8BrI2NO2. The monoisotopic (exact) mass is 459 g/mol. The predicted molar refractivity (Wildman–Crippen MR) is 69.7 cm³/mol. The fraction of sp³-hybridized carbons (Fsp3) is 0.500. The van der Waals surface area contributed by atoms with E-state index in [4.69, 9.17) is 5.11 Å². The van der Waals surface area contributed by atoms with Crippen LogP contribution in [0.5, 0.6) is 0 Å². The topological polar surface area (TPSA) is 49.3 Å². The molecule has 0 saturated carbocycles. The van der Waals surface area contributed by atoms with Crippen molar-refractivity contribution >= 4 is 67.2 Å². The highest BCUT2D eigenvalue weighted by molar-refractivity contribution is 14.1. The molecule has 0 radical (unpaired) electrons. The number of allylic oxidation sites excluding steroid dienone is 1. The van der Waals surface area contributed by atoms with Crippen LogP contribution in [0.15, 0.2) is 12.2 Å². The Hall–Kier alpha value is 0.950. The van der Waals surface area contributed by atoms with Crippen LogP contribution in [0.2, 0.25) is 0 Å². The van der Waals surface area contributed by atoms with E-state index in [9.17, 15) is 4.79 Å².